The normalized spacial score (nSPS) is 14.1. The van der Waals surface area contributed by atoms with E-state index in [0.29, 0.717) is 18.2 Å². The summed E-state index contributed by atoms with van der Waals surface area (Å²) in [7, 11) is 0. The summed E-state index contributed by atoms with van der Waals surface area (Å²) in [5.74, 6) is 0.259. The molecule has 0 fully saturated rings. The largest absolute Gasteiger partial charge is 0.461 e. The lowest BCUT2D eigenvalue weighted by atomic mass is 10.1. The molecule has 0 N–H and O–H groups in total. The van der Waals surface area contributed by atoms with E-state index in [-0.39, 0.29) is 5.97 Å². The number of hydrogen-bond donors (Lipinski definition) is 0. The number of esters is 1. The van der Waals surface area contributed by atoms with E-state index in [1.54, 1.807) is 12.3 Å². The number of aliphatic imine (C=N–C) groups is 1. The zero-order valence-corrected chi connectivity index (χ0v) is 7.41. The number of rotatable bonds is 4. The van der Waals surface area contributed by atoms with Gasteiger partial charge in [0.25, 0.3) is 0 Å². The minimum atomic E-state index is -0.307. The molecule has 3 heteroatoms. The molecule has 3 nitrogen and oxygen atoms in total. The molecule has 66 valence electrons. The van der Waals surface area contributed by atoms with Crippen molar-refractivity contribution in [3.63, 3.8) is 0 Å². The van der Waals surface area contributed by atoms with Crippen molar-refractivity contribution in [2.24, 2.45) is 10.9 Å². The SMILES string of the molecule is CC(C)CCOC(=O)C1=NC=C1. The molecule has 1 heterocycles. The predicted octanol–water partition coefficient (Wildman–Crippen LogP) is 1.54. The van der Waals surface area contributed by atoms with Gasteiger partial charge in [0.15, 0.2) is 0 Å². The molecule has 0 atom stereocenters. The van der Waals surface area contributed by atoms with Crippen molar-refractivity contribution in [2.45, 2.75) is 20.3 Å². The lowest BCUT2D eigenvalue weighted by Gasteiger charge is -2.08. The number of hydrogen-bond acceptors (Lipinski definition) is 3. The molecular weight excluding hydrogens is 154 g/mol. The maximum Gasteiger partial charge on any atom is 0.356 e. The molecule has 0 unspecified atom stereocenters. The van der Waals surface area contributed by atoms with E-state index in [2.05, 4.69) is 18.8 Å². The van der Waals surface area contributed by atoms with E-state index < -0.39 is 0 Å². The van der Waals surface area contributed by atoms with E-state index >= 15 is 0 Å². The highest BCUT2D eigenvalue weighted by atomic mass is 16.5. The van der Waals surface area contributed by atoms with Gasteiger partial charge in [0.1, 0.15) is 5.71 Å². The topological polar surface area (TPSA) is 38.7 Å². The summed E-state index contributed by atoms with van der Waals surface area (Å²) in [5.41, 5.74) is 0.429. The quantitative estimate of drug-likeness (QED) is 0.596. The third kappa shape index (κ3) is 2.49. The first-order valence-electron chi connectivity index (χ1n) is 4.11. The molecule has 0 bridgehead atoms. The van der Waals surface area contributed by atoms with Crippen LogP contribution in [0, 0.1) is 5.92 Å². The van der Waals surface area contributed by atoms with Gasteiger partial charge in [0.05, 0.1) is 6.61 Å². The Morgan fingerprint density at radius 1 is 1.67 bits per heavy atom. The number of carbonyl (C=O) groups excluding carboxylic acids is 1. The van der Waals surface area contributed by atoms with E-state index in [1.807, 2.05) is 0 Å². The molecule has 0 aromatic rings. The van der Waals surface area contributed by atoms with Gasteiger partial charge in [0, 0.05) is 6.20 Å². The van der Waals surface area contributed by atoms with Gasteiger partial charge < -0.3 is 4.74 Å². The monoisotopic (exact) mass is 167 g/mol. The molecule has 0 aromatic carbocycles. The summed E-state index contributed by atoms with van der Waals surface area (Å²) >= 11 is 0. The summed E-state index contributed by atoms with van der Waals surface area (Å²) in [6.07, 6.45) is 4.14. The van der Waals surface area contributed by atoms with E-state index in [0.717, 1.165) is 6.42 Å². The molecule has 0 aromatic heterocycles. The van der Waals surface area contributed by atoms with Gasteiger partial charge in [-0.15, -0.1) is 0 Å². The highest BCUT2D eigenvalue weighted by molar-refractivity contribution is 6.43. The second kappa shape index (κ2) is 4.04. The maximum absolute atomic E-state index is 11.0. The van der Waals surface area contributed by atoms with Crippen molar-refractivity contribution in [2.75, 3.05) is 6.61 Å². The van der Waals surface area contributed by atoms with Crippen LogP contribution in [-0.4, -0.2) is 18.3 Å². The first-order chi connectivity index (χ1) is 5.70. The van der Waals surface area contributed by atoms with Gasteiger partial charge in [-0.1, -0.05) is 13.8 Å². The number of nitrogens with zero attached hydrogens (tertiary/aromatic N) is 1. The Morgan fingerprint density at radius 2 is 2.33 bits per heavy atom. The highest BCUT2D eigenvalue weighted by Crippen LogP contribution is 2.02. The third-order valence-electron chi connectivity index (χ3n) is 1.58. The van der Waals surface area contributed by atoms with Crippen molar-refractivity contribution in [3.05, 3.63) is 12.3 Å². The van der Waals surface area contributed by atoms with Crippen LogP contribution in [0.3, 0.4) is 0 Å². The molecule has 1 rings (SSSR count). The van der Waals surface area contributed by atoms with Gasteiger partial charge >= 0.3 is 5.97 Å². The van der Waals surface area contributed by atoms with Crippen molar-refractivity contribution in [1.29, 1.82) is 0 Å². The Kier molecular flexibility index (Phi) is 3.02. The summed E-state index contributed by atoms with van der Waals surface area (Å²) in [6.45, 7) is 4.67. The van der Waals surface area contributed by atoms with Crippen LogP contribution in [0.2, 0.25) is 0 Å². The Morgan fingerprint density at radius 3 is 2.75 bits per heavy atom. The molecule has 1 aliphatic heterocycles. The fourth-order valence-electron chi connectivity index (χ4n) is 0.731. The maximum atomic E-state index is 11.0. The zero-order valence-electron chi connectivity index (χ0n) is 7.41. The van der Waals surface area contributed by atoms with Crippen LogP contribution in [0.4, 0.5) is 0 Å². The molecule has 0 radical (unpaired) electrons. The van der Waals surface area contributed by atoms with E-state index in [9.17, 15) is 4.79 Å². The number of ether oxygens (including phenoxy) is 1. The molecule has 0 aliphatic carbocycles. The molecule has 0 amide bonds. The fraction of sp³-hybridized carbons (Fsp3) is 0.556. The van der Waals surface area contributed by atoms with Crippen molar-refractivity contribution < 1.29 is 9.53 Å². The molecule has 1 aliphatic rings. The first-order valence-corrected chi connectivity index (χ1v) is 4.11. The summed E-state index contributed by atoms with van der Waals surface area (Å²) in [6, 6.07) is 0. The summed E-state index contributed by atoms with van der Waals surface area (Å²) in [5, 5.41) is 0. The molecule has 0 saturated heterocycles. The Bertz CT molecular complexity index is 229. The fourth-order valence-corrected chi connectivity index (χ4v) is 0.731. The van der Waals surface area contributed by atoms with Crippen molar-refractivity contribution in [1.82, 2.24) is 0 Å². The lowest BCUT2D eigenvalue weighted by Crippen LogP contribution is -2.19. The van der Waals surface area contributed by atoms with Crippen molar-refractivity contribution >= 4 is 11.7 Å². The second-order valence-corrected chi connectivity index (χ2v) is 3.15. The zero-order chi connectivity index (χ0) is 8.97. The van der Waals surface area contributed by atoms with Crippen LogP contribution in [0.25, 0.3) is 0 Å². The minimum absolute atomic E-state index is 0.307. The molecule has 0 spiro atoms. The highest BCUT2D eigenvalue weighted by Gasteiger charge is 2.12. The average molecular weight is 167 g/mol. The lowest BCUT2D eigenvalue weighted by molar-refractivity contribution is -0.135. The van der Waals surface area contributed by atoms with Crippen LogP contribution >= 0.6 is 0 Å². The number of carbonyl (C=O) groups is 1. The van der Waals surface area contributed by atoms with Crippen LogP contribution < -0.4 is 0 Å². The van der Waals surface area contributed by atoms with Gasteiger partial charge in [0.2, 0.25) is 0 Å². The minimum Gasteiger partial charge on any atom is -0.461 e. The standard InChI is InChI=1S/C9H13NO2/c1-7(2)4-6-12-9(11)8-3-5-10-8/h3,5,7H,4,6H2,1-2H3. The second-order valence-electron chi connectivity index (χ2n) is 3.15. The van der Waals surface area contributed by atoms with E-state index in [1.165, 1.54) is 0 Å². The van der Waals surface area contributed by atoms with Gasteiger partial charge in [-0.2, -0.15) is 0 Å². The van der Waals surface area contributed by atoms with E-state index in [4.69, 9.17) is 4.74 Å². The first kappa shape index (κ1) is 8.97. The molecule has 12 heavy (non-hydrogen) atoms. The molecular formula is C9H13NO2. The van der Waals surface area contributed by atoms with Gasteiger partial charge in [-0.05, 0) is 18.4 Å². The Labute approximate surface area is 72.1 Å². The smallest absolute Gasteiger partial charge is 0.356 e. The van der Waals surface area contributed by atoms with Crippen LogP contribution in [-0.2, 0) is 9.53 Å². The predicted molar refractivity (Wildman–Crippen MR) is 47.0 cm³/mol. The van der Waals surface area contributed by atoms with Crippen LogP contribution in [0.5, 0.6) is 0 Å². The summed E-state index contributed by atoms with van der Waals surface area (Å²) < 4.78 is 4.94. The van der Waals surface area contributed by atoms with Crippen LogP contribution in [0.1, 0.15) is 20.3 Å². The van der Waals surface area contributed by atoms with Crippen molar-refractivity contribution in [3.8, 4) is 0 Å². The summed E-state index contributed by atoms with van der Waals surface area (Å²) in [4.78, 5) is 14.7. The third-order valence-corrected chi connectivity index (χ3v) is 1.58. The molecule has 0 saturated carbocycles. The Hall–Kier alpha value is -1.12. The van der Waals surface area contributed by atoms with Crippen LogP contribution in [0.15, 0.2) is 17.3 Å². The average Bonchev–Trinajstić information content (AvgIpc) is 1.81. The van der Waals surface area contributed by atoms with Gasteiger partial charge in [-0.25, -0.2) is 9.79 Å². The van der Waals surface area contributed by atoms with Gasteiger partial charge in [-0.3, -0.25) is 0 Å². The Balaban J connectivity index is 2.11.